The molecule has 0 aliphatic heterocycles. The van der Waals surface area contributed by atoms with Gasteiger partial charge in [-0.25, -0.2) is 0 Å². The van der Waals surface area contributed by atoms with Gasteiger partial charge in [-0.05, 0) is 55.0 Å². The highest BCUT2D eigenvalue weighted by molar-refractivity contribution is 6.30. The topological polar surface area (TPSA) is 53.4 Å². The highest BCUT2D eigenvalue weighted by Gasteiger charge is 2.07. The number of aryl methyl sites for hydroxylation is 1. The number of carbonyl (C=O) groups is 1. The summed E-state index contributed by atoms with van der Waals surface area (Å²) < 4.78 is 13.0. The molecule has 3 aromatic rings. The van der Waals surface area contributed by atoms with E-state index in [9.17, 15) is 4.79 Å². The Kier molecular flexibility index (Phi) is 6.50. The largest absolute Gasteiger partial charge is 0.496 e. The number of allylic oxidation sites excluding steroid dienone is 1. The molecule has 6 heteroatoms. The SMILES string of the molecule is CCn1cc(C(=O)/C=C/c2ccc(OC)c(COc3ccc(Cl)cc3)c2)cn1. The van der Waals surface area contributed by atoms with E-state index >= 15 is 0 Å². The number of hydrogen-bond donors (Lipinski definition) is 0. The Morgan fingerprint density at radius 3 is 2.68 bits per heavy atom. The molecule has 0 spiro atoms. The Morgan fingerprint density at radius 2 is 2.00 bits per heavy atom. The maximum absolute atomic E-state index is 12.3. The molecule has 1 aromatic heterocycles. The zero-order chi connectivity index (χ0) is 19.9. The van der Waals surface area contributed by atoms with E-state index in [0.717, 1.165) is 29.2 Å². The Hall–Kier alpha value is -3.05. The number of rotatable bonds is 8. The van der Waals surface area contributed by atoms with Crippen molar-refractivity contribution in [3.8, 4) is 11.5 Å². The van der Waals surface area contributed by atoms with Crippen LogP contribution in [0.5, 0.6) is 11.5 Å². The molecular weight excluding hydrogens is 376 g/mol. The van der Waals surface area contributed by atoms with E-state index in [1.807, 2.05) is 37.3 Å². The molecule has 0 atom stereocenters. The summed E-state index contributed by atoms with van der Waals surface area (Å²) in [5.74, 6) is 1.35. The second-order valence-electron chi connectivity index (χ2n) is 6.10. The Balaban J connectivity index is 1.72. The van der Waals surface area contributed by atoms with Crippen molar-refractivity contribution in [1.29, 1.82) is 0 Å². The van der Waals surface area contributed by atoms with Gasteiger partial charge in [0.1, 0.15) is 18.1 Å². The van der Waals surface area contributed by atoms with E-state index in [-0.39, 0.29) is 5.78 Å². The van der Waals surface area contributed by atoms with Crippen LogP contribution in [-0.4, -0.2) is 22.7 Å². The summed E-state index contributed by atoms with van der Waals surface area (Å²) >= 11 is 5.90. The van der Waals surface area contributed by atoms with Gasteiger partial charge in [0.25, 0.3) is 0 Å². The number of ketones is 1. The fourth-order valence-electron chi connectivity index (χ4n) is 2.64. The van der Waals surface area contributed by atoms with Crippen LogP contribution in [0.2, 0.25) is 5.02 Å². The molecular formula is C22H21ClN2O3. The first-order valence-corrected chi connectivity index (χ1v) is 9.27. The summed E-state index contributed by atoms with van der Waals surface area (Å²) in [6, 6.07) is 12.9. The third kappa shape index (κ3) is 5.02. The van der Waals surface area contributed by atoms with Crippen LogP contribution in [0.1, 0.15) is 28.4 Å². The minimum Gasteiger partial charge on any atom is -0.496 e. The summed E-state index contributed by atoms with van der Waals surface area (Å²) in [5.41, 5.74) is 2.33. The van der Waals surface area contributed by atoms with Crippen LogP contribution >= 0.6 is 11.6 Å². The van der Waals surface area contributed by atoms with Gasteiger partial charge in [0.2, 0.25) is 0 Å². The molecule has 144 valence electrons. The van der Waals surface area contributed by atoms with Crippen LogP contribution in [-0.2, 0) is 13.2 Å². The van der Waals surface area contributed by atoms with Crippen LogP contribution in [0, 0.1) is 0 Å². The predicted octanol–water partition coefficient (Wildman–Crippen LogP) is 5.04. The lowest BCUT2D eigenvalue weighted by Crippen LogP contribution is -1.99. The lowest BCUT2D eigenvalue weighted by Gasteiger charge is -2.11. The van der Waals surface area contributed by atoms with Gasteiger partial charge in [-0.15, -0.1) is 0 Å². The second kappa shape index (κ2) is 9.24. The maximum Gasteiger partial charge on any atom is 0.189 e. The zero-order valence-corrected chi connectivity index (χ0v) is 16.5. The molecule has 3 rings (SSSR count). The van der Waals surface area contributed by atoms with Gasteiger partial charge in [0, 0.05) is 23.3 Å². The number of aromatic nitrogens is 2. The number of carbonyl (C=O) groups excluding carboxylic acids is 1. The monoisotopic (exact) mass is 396 g/mol. The zero-order valence-electron chi connectivity index (χ0n) is 15.8. The third-order valence-electron chi connectivity index (χ3n) is 4.18. The van der Waals surface area contributed by atoms with Gasteiger partial charge in [0.05, 0.1) is 18.9 Å². The molecule has 1 heterocycles. The fraction of sp³-hybridized carbons (Fsp3) is 0.182. The van der Waals surface area contributed by atoms with Crippen molar-refractivity contribution < 1.29 is 14.3 Å². The van der Waals surface area contributed by atoms with Crippen molar-refractivity contribution in [3.63, 3.8) is 0 Å². The molecule has 2 aromatic carbocycles. The van der Waals surface area contributed by atoms with Crippen LogP contribution in [0.3, 0.4) is 0 Å². The van der Waals surface area contributed by atoms with Gasteiger partial charge >= 0.3 is 0 Å². The Morgan fingerprint density at radius 1 is 1.21 bits per heavy atom. The lowest BCUT2D eigenvalue weighted by molar-refractivity contribution is 0.104. The molecule has 0 N–H and O–H groups in total. The van der Waals surface area contributed by atoms with Crippen molar-refractivity contribution in [2.24, 2.45) is 0 Å². The smallest absolute Gasteiger partial charge is 0.189 e. The third-order valence-corrected chi connectivity index (χ3v) is 4.43. The average molecular weight is 397 g/mol. The molecule has 0 aliphatic rings. The standard InChI is InChI=1S/C22H21ClN2O3/c1-3-25-14-18(13-24-25)21(26)10-4-16-5-11-22(27-2)17(12-16)15-28-20-8-6-19(23)7-9-20/h4-14H,3,15H2,1-2H3/b10-4+. The van der Waals surface area contributed by atoms with Crippen LogP contribution < -0.4 is 9.47 Å². The van der Waals surface area contributed by atoms with Gasteiger partial charge in [-0.1, -0.05) is 23.7 Å². The van der Waals surface area contributed by atoms with Crippen molar-refractivity contribution in [3.05, 3.63) is 82.6 Å². The van der Waals surface area contributed by atoms with Gasteiger partial charge in [-0.3, -0.25) is 9.48 Å². The van der Waals surface area contributed by atoms with Crippen molar-refractivity contribution in [2.75, 3.05) is 7.11 Å². The van der Waals surface area contributed by atoms with E-state index in [1.165, 1.54) is 0 Å². The van der Waals surface area contributed by atoms with Crippen molar-refractivity contribution >= 4 is 23.5 Å². The van der Waals surface area contributed by atoms with E-state index in [0.29, 0.717) is 17.2 Å². The molecule has 0 bridgehead atoms. The molecule has 0 amide bonds. The Labute approximate surface area is 169 Å². The summed E-state index contributed by atoms with van der Waals surface area (Å²) in [7, 11) is 1.62. The van der Waals surface area contributed by atoms with E-state index in [2.05, 4.69) is 5.10 Å². The first-order chi connectivity index (χ1) is 13.6. The lowest BCUT2D eigenvalue weighted by atomic mass is 10.1. The maximum atomic E-state index is 12.3. The van der Waals surface area contributed by atoms with Crippen LogP contribution in [0.4, 0.5) is 0 Å². The minimum atomic E-state index is -0.0884. The number of hydrogen-bond acceptors (Lipinski definition) is 4. The van der Waals surface area contributed by atoms with Gasteiger partial charge < -0.3 is 9.47 Å². The molecule has 0 saturated heterocycles. The molecule has 5 nitrogen and oxygen atoms in total. The highest BCUT2D eigenvalue weighted by atomic mass is 35.5. The molecule has 0 fully saturated rings. The fourth-order valence-corrected chi connectivity index (χ4v) is 2.76. The Bertz CT molecular complexity index is 978. The van der Waals surface area contributed by atoms with Crippen LogP contribution in [0.25, 0.3) is 6.08 Å². The van der Waals surface area contributed by atoms with Crippen molar-refractivity contribution in [2.45, 2.75) is 20.1 Å². The second-order valence-corrected chi connectivity index (χ2v) is 6.53. The van der Waals surface area contributed by atoms with Gasteiger partial charge in [-0.2, -0.15) is 5.10 Å². The number of methoxy groups -OCH3 is 1. The van der Waals surface area contributed by atoms with Gasteiger partial charge in [0.15, 0.2) is 5.78 Å². The van der Waals surface area contributed by atoms with Crippen LogP contribution in [0.15, 0.2) is 60.9 Å². The minimum absolute atomic E-state index is 0.0884. The summed E-state index contributed by atoms with van der Waals surface area (Å²) in [4.78, 5) is 12.3. The molecule has 0 unspecified atom stereocenters. The molecule has 0 aliphatic carbocycles. The van der Waals surface area contributed by atoms with E-state index in [1.54, 1.807) is 48.5 Å². The molecule has 0 saturated carbocycles. The quantitative estimate of drug-likeness (QED) is 0.395. The summed E-state index contributed by atoms with van der Waals surface area (Å²) in [6.07, 6.45) is 6.64. The highest BCUT2D eigenvalue weighted by Crippen LogP contribution is 2.23. The van der Waals surface area contributed by atoms with Crippen molar-refractivity contribution in [1.82, 2.24) is 9.78 Å². The average Bonchev–Trinajstić information content (AvgIpc) is 3.21. The first-order valence-electron chi connectivity index (χ1n) is 8.89. The normalized spacial score (nSPS) is 11.0. The number of halogens is 1. The summed E-state index contributed by atoms with van der Waals surface area (Å²) in [5, 5.41) is 4.79. The first kappa shape index (κ1) is 19.7. The number of benzene rings is 2. The van der Waals surface area contributed by atoms with E-state index < -0.39 is 0 Å². The molecule has 28 heavy (non-hydrogen) atoms. The van der Waals surface area contributed by atoms with E-state index in [4.69, 9.17) is 21.1 Å². The summed E-state index contributed by atoms with van der Waals surface area (Å²) in [6.45, 7) is 3.04. The molecule has 0 radical (unpaired) electrons. The predicted molar refractivity (Wildman–Crippen MR) is 110 cm³/mol. The number of ether oxygens (including phenoxy) is 2. The number of nitrogens with zero attached hydrogens (tertiary/aromatic N) is 2.